The molecule has 0 radical (unpaired) electrons. The molecule has 1 aliphatic carbocycles. The number of likely N-dealkylation sites (tertiary alicyclic amines) is 1. The first-order chi connectivity index (χ1) is 16.2. The first-order valence-electron chi connectivity index (χ1n) is 11.6. The summed E-state index contributed by atoms with van der Waals surface area (Å²) in [7, 11) is 1.25. The smallest absolute Gasteiger partial charge is 0.340 e. The highest BCUT2D eigenvalue weighted by Crippen LogP contribution is 2.46. The number of ether oxygens (including phenoxy) is 2. The van der Waals surface area contributed by atoms with Crippen molar-refractivity contribution in [3.8, 4) is 5.75 Å². The van der Waals surface area contributed by atoms with E-state index in [0.717, 1.165) is 49.9 Å². The third-order valence-electron chi connectivity index (χ3n) is 6.99. The lowest BCUT2D eigenvalue weighted by Gasteiger charge is -2.42. The normalized spacial score (nSPS) is 19.0. The molecular weight excluding hydrogens is 480 g/mol. The number of aliphatic hydroxyl groups excluding tert-OH is 1. The van der Waals surface area contributed by atoms with E-state index in [2.05, 4.69) is 11.8 Å². The molecule has 184 valence electrons. The third kappa shape index (κ3) is 5.68. The Morgan fingerprint density at radius 1 is 1.18 bits per heavy atom. The number of carbonyl (C=O) groups is 1. The zero-order valence-corrected chi connectivity index (χ0v) is 21.0. The number of piperidine rings is 1. The zero-order chi connectivity index (χ0) is 24.5. The van der Waals surface area contributed by atoms with Crippen LogP contribution in [0.5, 0.6) is 5.75 Å². The van der Waals surface area contributed by atoms with Crippen LogP contribution >= 0.6 is 23.2 Å². The molecule has 1 heterocycles. The van der Waals surface area contributed by atoms with Gasteiger partial charge in [0, 0.05) is 21.5 Å². The first kappa shape index (κ1) is 25.2. The van der Waals surface area contributed by atoms with Gasteiger partial charge < -0.3 is 14.6 Å². The quantitative estimate of drug-likeness (QED) is 0.441. The molecule has 2 aliphatic rings. The van der Waals surface area contributed by atoms with Gasteiger partial charge in [0.2, 0.25) is 0 Å². The van der Waals surface area contributed by atoms with Gasteiger partial charge in [0.05, 0.1) is 31.9 Å². The predicted molar refractivity (Wildman–Crippen MR) is 130 cm³/mol. The van der Waals surface area contributed by atoms with Crippen LogP contribution in [-0.2, 0) is 4.74 Å². The molecule has 0 bridgehead atoms. The van der Waals surface area contributed by atoms with Gasteiger partial charge in [0.1, 0.15) is 11.6 Å². The second-order valence-corrected chi connectivity index (χ2v) is 10.5. The molecule has 2 fully saturated rings. The lowest BCUT2D eigenvalue weighted by molar-refractivity contribution is 0.0305. The number of benzene rings is 2. The van der Waals surface area contributed by atoms with E-state index < -0.39 is 11.8 Å². The Morgan fingerprint density at radius 3 is 2.38 bits per heavy atom. The van der Waals surface area contributed by atoms with Crippen molar-refractivity contribution in [2.45, 2.75) is 44.6 Å². The van der Waals surface area contributed by atoms with Crippen LogP contribution in [0.15, 0.2) is 30.3 Å². The van der Waals surface area contributed by atoms with E-state index in [1.54, 1.807) is 12.1 Å². The van der Waals surface area contributed by atoms with E-state index in [1.165, 1.54) is 13.2 Å². The van der Waals surface area contributed by atoms with E-state index in [9.17, 15) is 14.3 Å². The molecule has 5 nitrogen and oxygen atoms in total. The number of rotatable bonds is 8. The van der Waals surface area contributed by atoms with Gasteiger partial charge in [-0.3, -0.25) is 4.90 Å². The molecule has 1 saturated carbocycles. The lowest BCUT2D eigenvalue weighted by Crippen LogP contribution is -2.44. The monoisotopic (exact) mass is 509 g/mol. The van der Waals surface area contributed by atoms with Gasteiger partial charge in [0.15, 0.2) is 0 Å². The minimum absolute atomic E-state index is 0.0273. The van der Waals surface area contributed by atoms with E-state index >= 15 is 0 Å². The van der Waals surface area contributed by atoms with Crippen LogP contribution in [0, 0.1) is 11.2 Å². The highest BCUT2D eigenvalue weighted by molar-refractivity contribution is 6.34. The van der Waals surface area contributed by atoms with Crippen molar-refractivity contribution in [3.63, 3.8) is 0 Å². The van der Waals surface area contributed by atoms with E-state index in [-0.39, 0.29) is 23.6 Å². The van der Waals surface area contributed by atoms with Crippen molar-refractivity contribution in [3.05, 3.63) is 62.9 Å². The minimum atomic E-state index is -0.676. The fraction of sp³-hybridized carbons (Fsp3) is 0.500. The Labute approximate surface area is 209 Å². The third-order valence-corrected chi connectivity index (χ3v) is 7.42. The number of aliphatic hydroxyl groups is 1. The summed E-state index contributed by atoms with van der Waals surface area (Å²) < 4.78 is 25.5. The Kier molecular flexibility index (Phi) is 7.72. The van der Waals surface area contributed by atoms with Crippen molar-refractivity contribution >= 4 is 29.2 Å². The maximum Gasteiger partial charge on any atom is 0.340 e. The van der Waals surface area contributed by atoms with Crippen LogP contribution in [0.4, 0.5) is 4.39 Å². The highest BCUT2D eigenvalue weighted by Gasteiger charge is 2.35. The second-order valence-electron chi connectivity index (χ2n) is 9.67. The molecular formula is C26H30Cl2FNO4. The van der Waals surface area contributed by atoms with Gasteiger partial charge in [-0.15, -0.1) is 0 Å². The van der Waals surface area contributed by atoms with Crippen molar-refractivity contribution in [1.82, 2.24) is 4.90 Å². The summed E-state index contributed by atoms with van der Waals surface area (Å²) >= 11 is 12.3. The summed E-state index contributed by atoms with van der Waals surface area (Å²) in [4.78, 5) is 14.1. The number of nitrogens with zero attached hydrogens (tertiary/aromatic N) is 1. The fourth-order valence-electron chi connectivity index (χ4n) is 4.65. The number of hydrogen-bond donors (Lipinski definition) is 1. The van der Waals surface area contributed by atoms with Crippen LogP contribution in [0.25, 0.3) is 0 Å². The predicted octanol–water partition coefficient (Wildman–Crippen LogP) is 6.01. The molecule has 0 unspecified atom stereocenters. The molecule has 4 rings (SSSR count). The topological polar surface area (TPSA) is 59.0 Å². The number of carbonyl (C=O) groups excluding carboxylic acids is 1. The number of methoxy groups -OCH3 is 1. The molecule has 34 heavy (non-hydrogen) atoms. The Bertz CT molecular complexity index is 1030. The van der Waals surface area contributed by atoms with Crippen LogP contribution in [0.2, 0.25) is 10.0 Å². The Morgan fingerprint density at radius 2 is 1.82 bits per heavy atom. The average Bonchev–Trinajstić information content (AvgIpc) is 3.64. The average molecular weight is 510 g/mol. The van der Waals surface area contributed by atoms with Gasteiger partial charge in [-0.25, -0.2) is 9.18 Å². The maximum atomic E-state index is 14.6. The summed E-state index contributed by atoms with van der Waals surface area (Å²) in [5.74, 6) is -0.497. The molecule has 1 atom stereocenters. The van der Waals surface area contributed by atoms with E-state index in [4.69, 9.17) is 32.7 Å². The van der Waals surface area contributed by atoms with Crippen LogP contribution in [0.1, 0.15) is 66.1 Å². The summed E-state index contributed by atoms with van der Waals surface area (Å²) in [5.41, 5.74) is 1.63. The number of esters is 1. The molecule has 0 aromatic heterocycles. The molecule has 1 saturated heterocycles. The van der Waals surface area contributed by atoms with Crippen molar-refractivity contribution in [2.24, 2.45) is 5.41 Å². The molecule has 2 aromatic carbocycles. The molecule has 0 amide bonds. The fourth-order valence-corrected chi connectivity index (χ4v) is 5.19. The van der Waals surface area contributed by atoms with Gasteiger partial charge in [-0.1, -0.05) is 30.1 Å². The van der Waals surface area contributed by atoms with Crippen LogP contribution in [0.3, 0.4) is 0 Å². The van der Waals surface area contributed by atoms with Crippen LogP contribution in [-0.4, -0.2) is 49.4 Å². The summed E-state index contributed by atoms with van der Waals surface area (Å²) in [6.07, 6.45) is 3.73. The number of halogens is 3. The molecule has 0 spiro atoms. The van der Waals surface area contributed by atoms with Gasteiger partial charge in [-0.2, -0.15) is 0 Å². The SMILES string of the molecule is COC(=O)c1cc(C2CC2)c(OCC2(C)CCN([C@@H](CO)c3cc(Cl)cc(Cl)c3)CC2)cc1F. The van der Waals surface area contributed by atoms with E-state index in [0.29, 0.717) is 28.3 Å². The molecule has 1 N–H and O–H groups in total. The summed E-state index contributed by atoms with van der Waals surface area (Å²) in [5, 5.41) is 11.2. The first-order valence-corrected chi connectivity index (χ1v) is 12.3. The van der Waals surface area contributed by atoms with Crippen molar-refractivity contribution in [1.29, 1.82) is 0 Å². The molecule has 8 heteroatoms. The maximum absolute atomic E-state index is 14.6. The van der Waals surface area contributed by atoms with Gasteiger partial charge in [0.25, 0.3) is 0 Å². The minimum Gasteiger partial charge on any atom is -0.493 e. The highest BCUT2D eigenvalue weighted by atomic mass is 35.5. The summed E-state index contributed by atoms with van der Waals surface area (Å²) in [6.45, 7) is 4.15. The van der Waals surface area contributed by atoms with E-state index in [1.807, 2.05) is 12.1 Å². The molecule has 2 aromatic rings. The standard InChI is InChI=1S/C26H30Cl2FNO4/c1-26(5-7-30(8-6-26)23(14-31)17-9-18(27)11-19(28)10-17)15-34-24-13-22(29)21(25(32)33-2)12-20(24)16-3-4-16/h9-13,16,23,31H,3-8,14-15H2,1-2H3/t23-/m0/s1. The molecule has 1 aliphatic heterocycles. The largest absolute Gasteiger partial charge is 0.493 e. The lowest BCUT2D eigenvalue weighted by atomic mass is 9.80. The summed E-state index contributed by atoms with van der Waals surface area (Å²) in [6, 6.07) is 8.10. The second kappa shape index (κ2) is 10.4. The number of hydrogen-bond acceptors (Lipinski definition) is 5. The van der Waals surface area contributed by atoms with Gasteiger partial charge >= 0.3 is 5.97 Å². The van der Waals surface area contributed by atoms with Crippen molar-refractivity contribution < 1.29 is 23.8 Å². The Balaban J connectivity index is 1.42. The zero-order valence-electron chi connectivity index (χ0n) is 19.5. The van der Waals surface area contributed by atoms with Crippen LogP contribution < -0.4 is 4.74 Å². The van der Waals surface area contributed by atoms with Crippen molar-refractivity contribution in [2.75, 3.05) is 33.4 Å². The van der Waals surface area contributed by atoms with Gasteiger partial charge in [-0.05, 0) is 80.1 Å². The Hall–Kier alpha value is -1.86.